The number of cyclic esters (lactones) is 1. The maximum atomic E-state index is 12.2. The SMILES string of the molecule is COCC1CC(Br)(c2ccc(OC(=O)c3ccccc3)cc2)C(=O)O1. The number of carbonyl (C=O) groups is 2. The molecular formula is C19H17BrO5. The number of esters is 2. The summed E-state index contributed by atoms with van der Waals surface area (Å²) < 4.78 is 14.8. The minimum absolute atomic E-state index is 0.285. The number of hydrogen-bond acceptors (Lipinski definition) is 5. The van der Waals surface area contributed by atoms with Gasteiger partial charge in [-0.2, -0.15) is 0 Å². The summed E-state index contributed by atoms with van der Waals surface area (Å²) in [5.41, 5.74) is 1.22. The molecule has 1 aliphatic heterocycles. The van der Waals surface area contributed by atoms with Gasteiger partial charge < -0.3 is 14.2 Å². The minimum atomic E-state index is -0.905. The highest BCUT2D eigenvalue weighted by atomic mass is 79.9. The molecule has 1 saturated heterocycles. The molecular weight excluding hydrogens is 388 g/mol. The normalized spacial score (nSPS) is 22.5. The van der Waals surface area contributed by atoms with Crippen LogP contribution in [-0.2, 0) is 18.6 Å². The average molecular weight is 405 g/mol. The minimum Gasteiger partial charge on any atom is -0.459 e. The Morgan fingerprint density at radius 2 is 1.88 bits per heavy atom. The smallest absolute Gasteiger partial charge is 0.343 e. The van der Waals surface area contributed by atoms with Crippen LogP contribution in [-0.4, -0.2) is 31.8 Å². The van der Waals surface area contributed by atoms with Gasteiger partial charge in [0.25, 0.3) is 0 Å². The van der Waals surface area contributed by atoms with E-state index in [2.05, 4.69) is 15.9 Å². The summed E-state index contributed by atoms with van der Waals surface area (Å²) in [5, 5.41) is 0. The zero-order valence-electron chi connectivity index (χ0n) is 13.6. The fourth-order valence-corrected chi connectivity index (χ4v) is 3.44. The van der Waals surface area contributed by atoms with Crippen molar-refractivity contribution < 1.29 is 23.8 Å². The molecule has 0 N–H and O–H groups in total. The molecule has 3 rings (SSSR count). The molecule has 2 unspecified atom stereocenters. The molecule has 130 valence electrons. The van der Waals surface area contributed by atoms with Crippen LogP contribution < -0.4 is 4.74 Å². The fraction of sp³-hybridized carbons (Fsp3) is 0.263. The second kappa shape index (κ2) is 7.37. The summed E-state index contributed by atoms with van der Waals surface area (Å²) in [6.45, 7) is 0.353. The third kappa shape index (κ3) is 3.75. The molecule has 2 atom stereocenters. The lowest BCUT2D eigenvalue weighted by Gasteiger charge is -2.17. The van der Waals surface area contributed by atoms with Gasteiger partial charge in [0.2, 0.25) is 0 Å². The van der Waals surface area contributed by atoms with E-state index in [9.17, 15) is 9.59 Å². The quantitative estimate of drug-likeness (QED) is 0.433. The van der Waals surface area contributed by atoms with Crippen molar-refractivity contribution in [1.82, 2.24) is 0 Å². The summed E-state index contributed by atoms with van der Waals surface area (Å²) >= 11 is 3.50. The first kappa shape index (κ1) is 17.6. The van der Waals surface area contributed by atoms with E-state index in [1.807, 2.05) is 6.07 Å². The number of carbonyl (C=O) groups excluding carboxylic acids is 2. The fourth-order valence-electron chi connectivity index (χ4n) is 2.73. The van der Waals surface area contributed by atoms with Crippen LogP contribution in [0.5, 0.6) is 5.75 Å². The van der Waals surface area contributed by atoms with Crippen molar-refractivity contribution in [2.45, 2.75) is 16.8 Å². The van der Waals surface area contributed by atoms with Crippen molar-refractivity contribution in [1.29, 1.82) is 0 Å². The molecule has 6 heteroatoms. The number of ether oxygens (including phenoxy) is 3. The Hall–Kier alpha value is -2.18. The Kier molecular flexibility index (Phi) is 5.20. The molecule has 1 aliphatic rings. The Bertz CT molecular complexity index is 759. The number of methoxy groups -OCH3 is 1. The second-order valence-electron chi connectivity index (χ2n) is 5.77. The molecule has 0 bridgehead atoms. The first-order valence-electron chi connectivity index (χ1n) is 7.79. The number of benzene rings is 2. The molecule has 1 fully saturated rings. The van der Waals surface area contributed by atoms with Gasteiger partial charge in [0.15, 0.2) is 4.32 Å². The zero-order chi connectivity index (χ0) is 17.9. The van der Waals surface area contributed by atoms with Gasteiger partial charge in [-0.25, -0.2) is 4.79 Å². The summed E-state index contributed by atoms with van der Waals surface area (Å²) in [7, 11) is 1.57. The van der Waals surface area contributed by atoms with Crippen molar-refractivity contribution >= 4 is 27.9 Å². The lowest BCUT2D eigenvalue weighted by molar-refractivity contribution is -0.144. The molecule has 0 radical (unpaired) electrons. The number of hydrogen-bond donors (Lipinski definition) is 0. The van der Waals surface area contributed by atoms with Crippen LogP contribution in [0.25, 0.3) is 0 Å². The van der Waals surface area contributed by atoms with Crippen LogP contribution in [0.4, 0.5) is 0 Å². The van der Waals surface area contributed by atoms with Gasteiger partial charge in [-0.05, 0) is 29.8 Å². The zero-order valence-corrected chi connectivity index (χ0v) is 15.2. The van der Waals surface area contributed by atoms with Crippen LogP contribution in [0.15, 0.2) is 54.6 Å². The second-order valence-corrected chi connectivity index (χ2v) is 7.12. The highest BCUT2D eigenvalue weighted by Gasteiger charge is 2.48. The standard InChI is InChI=1S/C19H17BrO5/c1-23-12-16-11-19(20,18(22)25-16)14-7-9-15(10-8-14)24-17(21)13-5-3-2-4-6-13/h2-10,16H,11-12H2,1H3. The van der Waals surface area contributed by atoms with Gasteiger partial charge in [-0.3, -0.25) is 4.79 Å². The molecule has 2 aromatic rings. The van der Waals surface area contributed by atoms with E-state index in [4.69, 9.17) is 14.2 Å². The highest BCUT2D eigenvalue weighted by molar-refractivity contribution is 9.10. The molecule has 0 aromatic heterocycles. The van der Waals surface area contributed by atoms with Crippen molar-refractivity contribution in [2.75, 3.05) is 13.7 Å². The van der Waals surface area contributed by atoms with Gasteiger partial charge in [0.05, 0.1) is 12.2 Å². The number of rotatable bonds is 5. The van der Waals surface area contributed by atoms with E-state index in [0.717, 1.165) is 5.56 Å². The lowest BCUT2D eigenvalue weighted by Crippen LogP contribution is -2.23. The average Bonchev–Trinajstić information content (AvgIpc) is 2.91. The molecule has 0 amide bonds. The third-order valence-corrected chi connectivity index (χ3v) is 5.10. The van der Waals surface area contributed by atoms with Crippen LogP contribution in [0.3, 0.4) is 0 Å². The Balaban J connectivity index is 1.72. The number of alkyl halides is 1. The summed E-state index contributed by atoms with van der Waals surface area (Å²) in [6, 6.07) is 15.6. The molecule has 0 aliphatic carbocycles. The molecule has 0 saturated carbocycles. The van der Waals surface area contributed by atoms with Crippen molar-refractivity contribution in [3.8, 4) is 5.75 Å². The van der Waals surface area contributed by atoms with E-state index >= 15 is 0 Å². The molecule has 2 aromatic carbocycles. The predicted octanol–water partition coefficient (Wildman–Crippen LogP) is 3.46. The Labute approximate surface area is 154 Å². The van der Waals surface area contributed by atoms with Crippen LogP contribution in [0.1, 0.15) is 22.3 Å². The maximum absolute atomic E-state index is 12.2. The largest absolute Gasteiger partial charge is 0.459 e. The maximum Gasteiger partial charge on any atom is 0.343 e. The van der Waals surface area contributed by atoms with Crippen molar-refractivity contribution in [3.63, 3.8) is 0 Å². The van der Waals surface area contributed by atoms with Gasteiger partial charge in [0, 0.05) is 13.5 Å². The Morgan fingerprint density at radius 3 is 2.52 bits per heavy atom. The van der Waals surface area contributed by atoms with Gasteiger partial charge >= 0.3 is 11.9 Å². The van der Waals surface area contributed by atoms with Crippen molar-refractivity contribution in [3.05, 3.63) is 65.7 Å². The molecule has 1 heterocycles. The predicted molar refractivity (Wildman–Crippen MR) is 94.8 cm³/mol. The van der Waals surface area contributed by atoms with Gasteiger partial charge in [0.1, 0.15) is 11.9 Å². The van der Waals surface area contributed by atoms with Crippen molar-refractivity contribution in [2.24, 2.45) is 0 Å². The van der Waals surface area contributed by atoms with E-state index in [1.165, 1.54) is 0 Å². The van der Waals surface area contributed by atoms with E-state index < -0.39 is 10.3 Å². The van der Waals surface area contributed by atoms with Crippen LogP contribution in [0, 0.1) is 0 Å². The molecule has 5 nitrogen and oxygen atoms in total. The van der Waals surface area contributed by atoms with Gasteiger partial charge in [-0.1, -0.05) is 46.3 Å². The molecule has 0 spiro atoms. The van der Waals surface area contributed by atoms with Gasteiger partial charge in [-0.15, -0.1) is 0 Å². The van der Waals surface area contributed by atoms with Crippen LogP contribution in [0.2, 0.25) is 0 Å². The monoisotopic (exact) mass is 404 g/mol. The number of halogens is 1. The highest BCUT2D eigenvalue weighted by Crippen LogP contribution is 2.43. The lowest BCUT2D eigenvalue weighted by atomic mass is 9.95. The van der Waals surface area contributed by atoms with Crippen LogP contribution >= 0.6 is 15.9 Å². The first-order chi connectivity index (χ1) is 12.0. The first-order valence-corrected chi connectivity index (χ1v) is 8.59. The summed E-state index contributed by atoms with van der Waals surface area (Å²) in [4.78, 5) is 24.3. The van der Waals surface area contributed by atoms with E-state index in [1.54, 1.807) is 55.6 Å². The third-order valence-electron chi connectivity index (χ3n) is 3.99. The van der Waals surface area contributed by atoms with E-state index in [-0.39, 0.29) is 12.1 Å². The Morgan fingerprint density at radius 1 is 1.20 bits per heavy atom. The summed E-state index contributed by atoms with van der Waals surface area (Å²) in [5.74, 6) is -0.362. The summed E-state index contributed by atoms with van der Waals surface area (Å²) in [6.07, 6.45) is 0.190. The molecule has 25 heavy (non-hydrogen) atoms. The van der Waals surface area contributed by atoms with E-state index in [0.29, 0.717) is 24.3 Å². The topological polar surface area (TPSA) is 61.8 Å².